The molecule has 0 aromatic carbocycles. The third-order valence-electron chi connectivity index (χ3n) is 2.75. The number of carbonyl (C=O) groups excluding carboxylic acids is 1. The number of hydrogen-bond acceptors (Lipinski definition) is 2. The van der Waals surface area contributed by atoms with Crippen LogP contribution >= 0.6 is 0 Å². The second-order valence-corrected chi connectivity index (χ2v) is 3.79. The summed E-state index contributed by atoms with van der Waals surface area (Å²) in [5.74, 6) is -0.0806. The van der Waals surface area contributed by atoms with Crippen LogP contribution in [0.5, 0.6) is 0 Å². The van der Waals surface area contributed by atoms with E-state index in [4.69, 9.17) is 0 Å². The number of hydrogen-bond donors (Lipinski definition) is 1. The van der Waals surface area contributed by atoms with Gasteiger partial charge in [-0.2, -0.15) is 0 Å². The van der Waals surface area contributed by atoms with Crippen LogP contribution in [0.25, 0.3) is 0 Å². The number of pyridine rings is 1. The van der Waals surface area contributed by atoms with Crippen LogP contribution in [-0.2, 0) is 0 Å². The van der Waals surface area contributed by atoms with Gasteiger partial charge in [-0.3, -0.25) is 9.59 Å². The van der Waals surface area contributed by atoms with Crippen LogP contribution in [0.3, 0.4) is 0 Å². The van der Waals surface area contributed by atoms with Crippen molar-refractivity contribution in [3.8, 4) is 0 Å². The van der Waals surface area contributed by atoms with Gasteiger partial charge in [0.15, 0.2) is 0 Å². The van der Waals surface area contributed by atoms with E-state index in [2.05, 4.69) is 4.98 Å². The normalized spacial score (nSPS) is 12.2. The van der Waals surface area contributed by atoms with Gasteiger partial charge in [-0.25, -0.2) is 0 Å². The molecule has 0 spiro atoms. The molecule has 16 heavy (non-hydrogen) atoms. The molecule has 0 fully saturated rings. The third kappa shape index (κ3) is 2.72. The Morgan fingerprint density at radius 1 is 1.50 bits per heavy atom. The van der Waals surface area contributed by atoms with Crippen molar-refractivity contribution in [3.63, 3.8) is 0 Å². The number of rotatable bonds is 4. The van der Waals surface area contributed by atoms with Crippen LogP contribution in [-0.4, -0.2) is 28.4 Å². The average Bonchev–Trinajstić information content (AvgIpc) is 2.29. The lowest BCUT2D eigenvalue weighted by molar-refractivity contribution is 0.0699. The first-order valence-electron chi connectivity index (χ1n) is 5.59. The smallest absolute Gasteiger partial charge is 0.254 e. The molecule has 1 N–H and O–H groups in total. The molecule has 0 radical (unpaired) electrons. The minimum Gasteiger partial charge on any atom is -0.336 e. The second-order valence-electron chi connectivity index (χ2n) is 3.79. The molecule has 1 aromatic rings. The highest BCUT2D eigenvalue weighted by Crippen LogP contribution is 2.08. The lowest BCUT2D eigenvalue weighted by Gasteiger charge is -2.27. The minimum atomic E-state index is -0.244. The molecule has 0 aliphatic rings. The highest BCUT2D eigenvalue weighted by atomic mass is 16.2. The van der Waals surface area contributed by atoms with Gasteiger partial charge < -0.3 is 9.88 Å². The largest absolute Gasteiger partial charge is 0.336 e. The Morgan fingerprint density at radius 3 is 2.69 bits per heavy atom. The van der Waals surface area contributed by atoms with E-state index in [-0.39, 0.29) is 17.5 Å². The SMILES string of the molecule is CCC(C)N(CC)C(=O)c1cc[nH]c(=O)c1. The molecule has 1 heterocycles. The molecule has 1 unspecified atom stereocenters. The lowest BCUT2D eigenvalue weighted by Crippen LogP contribution is -2.38. The molecule has 88 valence electrons. The van der Waals surface area contributed by atoms with Crippen molar-refractivity contribution in [1.82, 2.24) is 9.88 Å². The monoisotopic (exact) mass is 222 g/mol. The molecule has 0 saturated carbocycles. The Labute approximate surface area is 95.3 Å². The van der Waals surface area contributed by atoms with Crippen LogP contribution in [0.4, 0.5) is 0 Å². The van der Waals surface area contributed by atoms with Gasteiger partial charge in [0.05, 0.1) is 0 Å². The molecule has 0 saturated heterocycles. The molecular weight excluding hydrogens is 204 g/mol. The van der Waals surface area contributed by atoms with Gasteiger partial charge in [-0.05, 0) is 26.3 Å². The number of carbonyl (C=O) groups is 1. The van der Waals surface area contributed by atoms with Crippen molar-refractivity contribution >= 4 is 5.91 Å². The maximum absolute atomic E-state index is 12.1. The summed E-state index contributed by atoms with van der Waals surface area (Å²) in [6.45, 7) is 6.64. The quantitative estimate of drug-likeness (QED) is 0.842. The van der Waals surface area contributed by atoms with E-state index in [1.54, 1.807) is 11.0 Å². The minimum absolute atomic E-state index is 0.0806. The molecule has 0 aliphatic heterocycles. The molecule has 1 rings (SSSR count). The fourth-order valence-electron chi connectivity index (χ4n) is 1.62. The summed E-state index contributed by atoms with van der Waals surface area (Å²) in [6.07, 6.45) is 2.41. The van der Waals surface area contributed by atoms with Gasteiger partial charge >= 0.3 is 0 Å². The Bertz CT molecular complexity index is 411. The summed E-state index contributed by atoms with van der Waals surface area (Å²) in [7, 11) is 0. The number of amides is 1. The zero-order valence-electron chi connectivity index (χ0n) is 9.99. The maximum Gasteiger partial charge on any atom is 0.254 e. The number of nitrogens with one attached hydrogen (secondary N) is 1. The van der Waals surface area contributed by atoms with Crippen LogP contribution in [0.2, 0.25) is 0 Å². The summed E-state index contributed by atoms with van der Waals surface area (Å²) in [4.78, 5) is 27.5. The van der Waals surface area contributed by atoms with Crippen LogP contribution in [0.1, 0.15) is 37.6 Å². The average molecular weight is 222 g/mol. The van der Waals surface area contributed by atoms with Gasteiger partial charge in [0.2, 0.25) is 5.56 Å². The number of aromatic amines is 1. The van der Waals surface area contributed by atoms with E-state index < -0.39 is 0 Å². The third-order valence-corrected chi connectivity index (χ3v) is 2.75. The zero-order chi connectivity index (χ0) is 12.1. The van der Waals surface area contributed by atoms with E-state index in [1.807, 2.05) is 20.8 Å². The van der Waals surface area contributed by atoms with E-state index >= 15 is 0 Å². The second kappa shape index (κ2) is 5.49. The van der Waals surface area contributed by atoms with Crippen molar-refractivity contribution in [2.75, 3.05) is 6.54 Å². The summed E-state index contributed by atoms with van der Waals surface area (Å²) in [5.41, 5.74) is 0.206. The molecule has 4 heteroatoms. The van der Waals surface area contributed by atoms with E-state index in [0.29, 0.717) is 12.1 Å². The van der Waals surface area contributed by atoms with Gasteiger partial charge in [-0.15, -0.1) is 0 Å². The topological polar surface area (TPSA) is 53.2 Å². The first kappa shape index (κ1) is 12.5. The molecule has 1 atom stereocenters. The van der Waals surface area contributed by atoms with Crippen molar-refractivity contribution < 1.29 is 4.79 Å². The van der Waals surface area contributed by atoms with Crippen molar-refractivity contribution in [2.24, 2.45) is 0 Å². The molecule has 4 nitrogen and oxygen atoms in total. The highest BCUT2D eigenvalue weighted by Gasteiger charge is 2.18. The Hall–Kier alpha value is -1.58. The van der Waals surface area contributed by atoms with Crippen molar-refractivity contribution in [1.29, 1.82) is 0 Å². The van der Waals surface area contributed by atoms with Gasteiger partial charge in [0, 0.05) is 30.4 Å². The Kier molecular flexibility index (Phi) is 4.28. The maximum atomic E-state index is 12.1. The van der Waals surface area contributed by atoms with Crippen molar-refractivity contribution in [2.45, 2.75) is 33.2 Å². The Balaban J connectivity index is 2.95. The van der Waals surface area contributed by atoms with E-state index in [9.17, 15) is 9.59 Å². The standard InChI is InChI=1S/C12H18N2O2/c1-4-9(3)14(5-2)12(16)10-6-7-13-11(15)8-10/h6-9H,4-5H2,1-3H3,(H,13,15). The lowest BCUT2D eigenvalue weighted by atomic mass is 10.1. The fourth-order valence-corrected chi connectivity index (χ4v) is 1.62. The Morgan fingerprint density at radius 2 is 2.19 bits per heavy atom. The number of aromatic nitrogens is 1. The van der Waals surface area contributed by atoms with E-state index in [1.165, 1.54) is 12.3 Å². The number of nitrogens with zero attached hydrogens (tertiary/aromatic N) is 1. The number of H-pyrrole nitrogens is 1. The summed E-state index contributed by atoms with van der Waals surface area (Å²) < 4.78 is 0. The van der Waals surface area contributed by atoms with Gasteiger partial charge in [0.1, 0.15) is 0 Å². The van der Waals surface area contributed by atoms with Crippen LogP contribution in [0, 0.1) is 0 Å². The molecular formula is C12H18N2O2. The highest BCUT2D eigenvalue weighted by molar-refractivity contribution is 5.94. The van der Waals surface area contributed by atoms with E-state index in [0.717, 1.165) is 6.42 Å². The predicted octanol–water partition coefficient (Wildman–Crippen LogP) is 1.64. The molecule has 0 aliphatic carbocycles. The van der Waals surface area contributed by atoms with Crippen LogP contribution < -0.4 is 5.56 Å². The van der Waals surface area contributed by atoms with Crippen molar-refractivity contribution in [3.05, 3.63) is 34.2 Å². The molecule has 1 amide bonds. The predicted molar refractivity (Wildman–Crippen MR) is 63.5 cm³/mol. The fraction of sp³-hybridized carbons (Fsp3) is 0.500. The zero-order valence-corrected chi connectivity index (χ0v) is 9.99. The summed E-state index contributed by atoms with van der Waals surface area (Å²) in [5, 5.41) is 0. The van der Waals surface area contributed by atoms with Gasteiger partial charge in [0.25, 0.3) is 5.91 Å². The first-order valence-corrected chi connectivity index (χ1v) is 5.59. The molecule has 1 aromatic heterocycles. The summed E-state index contributed by atoms with van der Waals surface area (Å²) >= 11 is 0. The van der Waals surface area contributed by atoms with Crippen LogP contribution in [0.15, 0.2) is 23.1 Å². The summed E-state index contributed by atoms with van der Waals surface area (Å²) in [6, 6.07) is 3.17. The van der Waals surface area contributed by atoms with Gasteiger partial charge in [-0.1, -0.05) is 6.92 Å². The first-order chi connectivity index (χ1) is 7.60. The molecule has 0 bridgehead atoms.